The van der Waals surface area contributed by atoms with Gasteiger partial charge in [-0.3, -0.25) is 9.59 Å². The van der Waals surface area contributed by atoms with Crippen molar-refractivity contribution in [2.75, 3.05) is 14.2 Å². The predicted octanol–water partition coefficient (Wildman–Crippen LogP) is 4.78. The molecule has 10 heteroatoms. The lowest BCUT2D eigenvalue weighted by Gasteiger charge is -2.05. The van der Waals surface area contributed by atoms with Gasteiger partial charge in [0.15, 0.2) is 0 Å². The molecular formula is C23H26Br2N4O4. The van der Waals surface area contributed by atoms with Crippen LogP contribution in [0.2, 0.25) is 0 Å². The van der Waals surface area contributed by atoms with Crippen LogP contribution in [-0.4, -0.2) is 38.5 Å². The minimum atomic E-state index is -0.183. The number of benzene rings is 2. The first-order valence-corrected chi connectivity index (χ1v) is 11.8. The molecule has 33 heavy (non-hydrogen) atoms. The second kappa shape index (κ2) is 14.4. The van der Waals surface area contributed by atoms with E-state index in [1.165, 1.54) is 12.4 Å². The molecule has 2 amide bonds. The average molecular weight is 582 g/mol. The lowest BCUT2D eigenvalue weighted by molar-refractivity contribution is -0.121. The van der Waals surface area contributed by atoms with E-state index in [4.69, 9.17) is 9.47 Å². The van der Waals surface area contributed by atoms with Crippen LogP contribution in [0.1, 0.15) is 43.2 Å². The predicted molar refractivity (Wildman–Crippen MR) is 136 cm³/mol. The van der Waals surface area contributed by atoms with Gasteiger partial charge in [0.1, 0.15) is 11.5 Å². The van der Waals surface area contributed by atoms with Gasteiger partial charge in [0, 0.05) is 32.9 Å². The molecule has 0 radical (unpaired) electrons. The first-order chi connectivity index (χ1) is 15.9. The van der Waals surface area contributed by atoms with Crippen LogP contribution < -0.4 is 20.3 Å². The minimum Gasteiger partial charge on any atom is -0.496 e. The Morgan fingerprint density at radius 2 is 1.21 bits per heavy atom. The van der Waals surface area contributed by atoms with Crippen molar-refractivity contribution in [3.05, 3.63) is 56.5 Å². The second-order valence-corrected chi connectivity index (χ2v) is 8.75. The highest BCUT2D eigenvalue weighted by atomic mass is 79.9. The number of rotatable bonds is 12. The van der Waals surface area contributed by atoms with E-state index in [-0.39, 0.29) is 11.8 Å². The van der Waals surface area contributed by atoms with Gasteiger partial charge in [-0.05, 0) is 49.2 Å². The number of nitrogens with one attached hydrogen (secondary N) is 2. The molecule has 176 valence electrons. The molecule has 2 N–H and O–H groups in total. The van der Waals surface area contributed by atoms with Crippen LogP contribution >= 0.6 is 31.9 Å². The molecule has 0 aromatic heterocycles. The van der Waals surface area contributed by atoms with Crippen molar-refractivity contribution in [2.45, 2.75) is 32.1 Å². The van der Waals surface area contributed by atoms with E-state index in [1.54, 1.807) is 14.2 Å². The molecule has 0 heterocycles. The fourth-order valence-corrected chi connectivity index (χ4v) is 3.58. The third kappa shape index (κ3) is 9.75. The van der Waals surface area contributed by atoms with Gasteiger partial charge in [0.25, 0.3) is 0 Å². The number of halogens is 2. The standard InChI is InChI=1S/C23H26Br2N4O4/c1-32-20-10-8-18(24)12-16(20)14-26-28-22(30)6-4-3-5-7-23(31)29-27-15-17-13-19(25)9-11-21(17)33-2/h8-15H,3-7H2,1-2H3,(H,28,30)(H,29,31). The summed E-state index contributed by atoms with van der Waals surface area (Å²) in [5, 5.41) is 7.96. The number of carbonyl (C=O) groups excluding carboxylic acids is 2. The van der Waals surface area contributed by atoms with Crippen LogP contribution in [0.15, 0.2) is 55.5 Å². The number of carbonyl (C=O) groups is 2. The van der Waals surface area contributed by atoms with Gasteiger partial charge in [-0.15, -0.1) is 0 Å². The SMILES string of the molecule is COc1ccc(Br)cc1C=NNC(=O)CCCCCC(=O)NN=Cc1cc(Br)ccc1OC. The molecule has 0 fully saturated rings. The van der Waals surface area contributed by atoms with Crippen molar-refractivity contribution in [2.24, 2.45) is 10.2 Å². The number of methoxy groups -OCH3 is 2. The molecule has 0 saturated heterocycles. The highest BCUT2D eigenvalue weighted by Gasteiger charge is 2.05. The Morgan fingerprint density at radius 1 is 0.788 bits per heavy atom. The molecule has 0 aliphatic heterocycles. The minimum absolute atomic E-state index is 0.183. The molecule has 0 saturated carbocycles. The van der Waals surface area contributed by atoms with Crippen LogP contribution in [0, 0.1) is 0 Å². The van der Waals surface area contributed by atoms with Crippen molar-refractivity contribution in [3.8, 4) is 11.5 Å². The normalized spacial score (nSPS) is 11.0. The van der Waals surface area contributed by atoms with Gasteiger partial charge >= 0.3 is 0 Å². The maximum atomic E-state index is 11.9. The topological polar surface area (TPSA) is 101 Å². The number of amides is 2. The van der Waals surface area contributed by atoms with Gasteiger partial charge in [-0.1, -0.05) is 38.3 Å². The molecule has 0 spiro atoms. The van der Waals surface area contributed by atoms with E-state index in [1.807, 2.05) is 36.4 Å². The zero-order chi connectivity index (χ0) is 24.1. The van der Waals surface area contributed by atoms with Crippen LogP contribution in [0.4, 0.5) is 0 Å². The monoisotopic (exact) mass is 580 g/mol. The van der Waals surface area contributed by atoms with Gasteiger partial charge in [0.05, 0.1) is 26.6 Å². The Bertz CT molecular complexity index is 932. The summed E-state index contributed by atoms with van der Waals surface area (Å²) in [5.41, 5.74) is 6.51. The van der Waals surface area contributed by atoms with Gasteiger partial charge in [-0.25, -0.2) is 10.9 Å². The number of unbranched alkanes of at least 4 members (excludes halogenated alkanes) is 2. The van der Waals surface area contributed by atoms with E-state index >= 15 is 0 Å². The summed E-state index contributed by atoms with van der Waals surface area (Å²) in [7, 11) is 3.15. The molecule has 0 aliphatic rings. The largest absolute Gasteiger partial charge is 0.496 e. The first-order valence-electron chi connectivity index (χ1n) is 10.2. The summed E-state index contributed by atoms with van der Waals surface area (Å²) in [6, 6.07) is 11.0. The summed E-state index contributed by atoms with van der Waals surface area (Å²) >= 11 is 6.78. The average Bonchev–Trinajstić information content (AvgIpc) is 2.79. The fraction of sp³-hybridized carbons (Fsp3) is 0.304. The zero-order valence-electron chi connectivity index (χ0n) is 18.4. The summed E-state index contributed by atoms with van der Waals surface area (Å²) < 4.78 is 12.3. The van der Waals surface area contributed by atoms with E-state index < -0.39 is 0 Å². The Balaban J connectivity index is 1.63. The quantitative estimate of drug-likeness (QED) is 0.214. The molecule has 0 aliphatic carbocycles. The van der Waals surface area contributed by atoms with Crippen LogP contribution in [0.3, 0.4) is 0 Å². The number of hydrazone groups is 2. The molecule has 8 nitrogen and oxygen atoms in total. The third-order valence-electron chi connectivity index (χ3n) is 4.48. The van der Waals surface area contributed by atoms with Crippen molar-refractivity contribution < 1.29 is 19.1 Å². The zero-order valence-corrected chi connectivity index (χ0v) is 21.6. The molecule has 0 bridgehead atoms. The Labute approximate surface area is 210 Å². The number of nitrogens with zero attached hydrogens (tertiary/aromatic N) is 2. The second-order valence-electron chi connectivity index (χ2n) is 6.92. The van der Waals surface area contributed by atoms with Crippen molar-refractivity contribution in [3.63, 3.8) is 0 Å². The number of hydrogen-bond donors (Lipinski definition) is 2. The molecule has 2 aromatic carbocycles. The fourth-order valence-electron chi connectivity index (χ4n) is 2.82. The van der Waals surface area contributed by atoms with Crippen LogP contribution in [0.5, 0.6) is 11.5 Å². The molecule has 0 atom stereocenters. The summed E-state index contributed by atoms with van der Waals surface area (Å²) in [4.78, 5) is 23.9. The van der Waals surface area contributed by atoms with Crippen molar-refractivity contribution >= 4 is 56.1 Å². The first kappa shape index (κ1) is 26.5. The van der Waals surface area contributed by atoms with E-state index in [9.17, 15) is 9.59 Å². The maximum Gasteiger partial charge on any atom is 0.240 e. The molecule has 2 rings (SSSR count). The molecule has 0 unspecified atom stereocenters. The number of hydrogen-bond acceptors (Lipinski definition) is 6. The Kier molecular flexibility index (Phi) is 11.6. The van der Waals surface area contributed by atoms with Gasteiger partial charge in [-0.2, -0.15) is 10.2 Å². The smallest absolute Gasteiger partial charge is 0.240 e. The van der Waals surface area contributed by atoms with Gasteiger partial charge < -0.3 is 9.47 Å². The van der Waals surface area contributed by atoms with E-state index in [2.05, 4.69) is 52.9 Å². The Morgan fingerprint density at radius 3 is 1.61 bits per heavy atom. The van der Waals surface area contributed by atoms with Crippen LogP contribution in [-0.2, 0) is 9.59 Å². The van der Waals surface area contributed by atoms with E-state index in [0.717, 1.165) is 26.5 Å². The summed E-state index contributed by atoms with van der Waals surface area (Å²) in [6.07, 6.45) is 5.80. The third-order valence-corrected chi connectivity index (χ3v) is 5.46. The lowest BCUT2D eigenvalue weighted by atomic mass is 10.1. The summed E-state index contributed by atoms with van der Waals surface area (Å²) in [6.45, 7) is 0. The Hall–Kier alpha value is -2.72. The molecular weight excluding hydrogens is 556 g/mol. The van der Waals surface area contributed by atoms with Gasteiger partial charge in [0.2, 0.25) is 11.8 Å². The summed E-state index contributed by atoms with van der Waals surface area (Å²) in [5.74, 6) is 0.957. The highest BCUT2D eigenvalue weighted by Crippen LogP contribution is 2.22. The van der Waals surface area contributed by atoms with Crippen molar-refractivity contribution in [1.82, 2.24) is 10.9 Å². The lowest BCUT2D eigenvalue weighted by Crippen LogP contribution is -2.18. The maximum absolute atomic E-state index is 11.9. The highest BCUT2D eigenvalue weighted by molar-refractivity contribution is 9.10. The van der Waals surface area contributed by atoms with Crippen LogP contribution in [0.25, 0.3) is 0 Å². The number of ether oxygens (including phenoxy) is 2. The molecule has 2 aromatic rings. The van der Waals surface area contributed by atoms with E-state index in [0.29, 0.717) is 37.2 Å². The van der Waals surface area contributed by atoms with Crippen molar-refractivity contribution in [1.29, 1.82) is 0 Å².